The van der Waals surface area contributed by atoms with E-state index in [4.69, 9.17) is 0 Å². The van der Waals surface area contributed by atoms with Crippen LogP contribution in [0.1, 0.15) is 5.56 Å². The van der Waals surface area contributed by atoms with Gasteiger partial charge < -0.3 is 10.0 Å². The van der Waals surface area contributed by atoms with Gasteiger partial charge in [0.15, 0.2) is 0 Å². The molecule has 0 aromatic heterocycles. The van der Waals surface area contributed by atoms with Crippen LogP contribution in [0.3, 0.4) is 0 Å². The zero-order chi connectivity index (χ0) is 20.2. The Morgan fingerprint density at radius 3 is 2.15 bits per heavy atom. The molecular weight excluding hydrogens is 370 g/mol. The Hall–Kier alpha value is -2.49. The van der Waals surface area contributed by atoms with Crippen LogP contribution in [-0.2, 0) is 10.0 Å². The van der Waals surface area contributed by atoms with Crippen LogP contribution in [0.25, 0.3) is 0 Å². The second-order valence-corrected chi connectivity index (χ2v) is 8.55. The number of hydrogen-bond acceptors (Lipinski definition) is 5. The first-order valence-electron chi connectivity index (χ1n) is 8.42. The molecule has 2 aromatic carbocycles. The summed E-state index contributed by atoms with van der Waals surface area (Å²) in [6.45, 7) is 2.15. The molecule has 0 saturated heterocycles. The van der Waals surface area contributed by atoms with Crippen LogP contribution in [-0.4, -0.2) is 51.7 Å². The molecule has 0 unspecified atom stereocenters. The molecule has 2 rings (SSSR count). The maximum atomic E-state index is 13.2. The lowest BCUT2D eigenvalue weighted by atomic mass is 10.2. The van der Waals surface area contributed by atoms with Gasteiger partial charge in [-0.1, -0.05) is 17.7 Å². The molecule has 1 atom stereocenters. The van der Waals surface area contributed by atoms with E-state index in [0.29, 0.717) is 12.2 Å². The van der Waals surface area contributed by atoms with Crippen LogP contribution < -0.4 is 9.21 Å². The first-order valence-corrected chi connectivity index (χ1v) is 9.86. The van der Waals surface area contributed by atoms with E-state index in [9.17, 15) is 23.6 Å². The number of aliphatic hydroxyl groups is 1. The molecule has 9 heteroatoms. The van der Waals surface area contributed by atoms with Crippen molar-refractivity contribution in [3.05, 3.63) is 64.2 Å². The molecule has 0 aliphatic carbocycles. The summed E-state index contributed by atoms with van der Waals surface area (Å²) in [7, 11) is -0.268. The molecule has 2 N–H and O–H groups in total. The number of non-ortho nitro benzene ring substituents is 1. The van der Waals surface area contributed by atoms with E-state index in [1.165, 1.54) is 12.1 Å². The Balaban J connectivity index is 2.43. The lowest BCUT2D eigenvalue weighted by Gasteiger charge is -2.27. The van der Waals surface area contributed by atoms with E-state index in [-0.39, 0.29) is 17.1 Å². The lowest BCUT2D eigenvalue weighted by molar-refractivity contribution is -0.861. The predicted octanol–water partition coefficient (Wildman–Crippen LogP) is 0.604. The molecule has 0 bridgehead atoms. The molecule has 0 fully saturated rings. The Morgan fingerprint density at radius 1 is 1.11 bits per heavy atom. The summed E-state index contributed by atoms with van der Waals surface area (Å²) in [5.41, 5.74) is 1.21. The Labute approximate surface area is 158 Å². The SMILES string of the molecule is Cc1ccc(N(C[C@@H](O)C[NH+](C)C)S(=O)(=O)c2ccc([N+](=O)[O-])cc2)cc1. The minimum absolute atomic E-state index is 0.0712. The molecule has 8 nitrogen and oxygen atoms in total. The van der Waals surface area contributed by atoms with Gasteiger partial charge in [0.25, 0.3) is 15.7 Å². The summed E-state index contributed by atoms with van der Waals surface area (Å²) in [5.74, 6) is 0. The number of nitrogens with zero attached hydrogens (tertiary/aromatic N) is 2. The third-order valence-electron chi connectivity index (χ3n) is 3.98. The van der Waals surface area contributed by atoms with Crippen molar-refractivity contribution in [2.75, 3.05) is 31.5 Å². The van der Waals surface area contributed by atoms with Gasteiger partial charge in [0.1, 0.15) is 12.6 Å². The van der Waals surface area contributed by atoms with Crippen molar-refractivity contribution >= 4 is 21.4 Å². The number of rotatable bonds is 8. The highest BCUT2D eigenvalue weighted by molar-refractivity contribution is 7.92. The number of sulfonamides is 1. The highest BCUT2D eigenvalue weighted by Gasteiger charge is 2.28. The molecule has 0 spiro atoms. The molecule has 0 aliphatic heterocycles. The average Bonchev–Trinajstić information content (AvgIpc) is 2.60. The summed E-state index contributed by atoms with van der Waals surface area (Å²) < 4.78 is 27.5. The number of nitro benzene ring substituents is 1. The van der Waals surface area contributed by atoms with Crippen molar-refractivity contribution < 1.29 is 23.3 Å². The third-order valence-corrected chi connectivity index (χ3v) is 5.79. The van der Waals surface area contributed by atoms with Crippen LogP contribution in [0, 0.1) is 17.0 Å². The highest BCUT2D eigenvalue weighted by atomic mass is 32.2. The number of aliphatic hydroxyl groups excluding tert-OH is 1. The third kappa shape index (κ3) is 5.25. The van der Waals surface area contributed by atoms with Gasteiger partial charge in [0, 0.05) is 12.1 Å². The first kappa shape index (κ1) is 20.8. The average molecular weight is 394 g/mol. The van der Waals surface area contributed by atoms with Crippen molar-refractivity contribution in [2.45, 2.75) is 17.9 Å². The van der Waals surface area contributed by atoms with Gasteiger partial charge in [0.05, 0.1) is 36.1 Å². The van der Waals surface area contributed by atoms with Crippen molar-refractivity contribution in [3.63, 3.8) is 0 Å². The van der Waals surface area contributed by atoms with Gasteiger partial charge in [-0.05, 0) is 31.2 Å². The van der Waals surface area contributed by atoms with Gasteiger partial charge in [0.2, 0.25) is 0 Å². The van der Waals surface area contributed by atoms with E-state index in [1.807, 2.05) is 21.0 Å². The van der Waals surface area contributed by atoms with Crippen molar-refractivity contribution in [2.24, 2.45) is 0 Å². The number of nitrogens with one attached hydrogen (secondary N) is 1. The summed E-state index contributed by atoms with van der Waals surface area (Å²) in [5, 5.41) is 21.1. The molecule has 146 valence electrons. The Bertz CT molecular complexity index is 880. The lowest BCUT2D eigenvalue weighted by Crippen LogP contribution is -3.07. The minimum Gasteiger partial charge on any atom is -0.385 e. The molecule has 2 aromatic rings. The first-order chi connectivity index (χ1) is 12.6. The van der Waals surface area contributed by atoms with Crippen molar-refractivity contribution in [1.29, 1.82) is 0 Å². The Kier molecular flexibility index (Phi) is 6.53. The summed E-state index contributed by atoms with van der Waals surface area (Å²) >= 11 is 0. The second kappa shape index (κ2) is 8.47. The number of likely N-dealkylation sites (N-methyl/N-ethyl adjacent to an activating group) is 1. The zero-order valence-corrected chi connectivity index (χ0v) is 16.3. The monoisotopic (exact) mass is 394 g/mol. The van der Waals surface area contributed by atoms with Crippen molar-refractivity contribution in [3.8, 4) is 0 Å². The number of benzene rings is 2. The largest absolute Gasteiger partial charge is 0.385 e. The van der Waals surface area contributed by atoms with Crippen LogP contribution in [0.5, 0.6) is 0 Å². The Morgan fingerprint density at radius 2 is 1.67 bits per heavy atom. The molecule has 0 aliphatic rings. The highest BCUT2D eigenvalue weighted by Crippen LogP contribution is 2.25. The van der Waals surface area contributed by atoms with E-state index in [2.05, 4.69) is 0 Å². The second-order valence-electron chi connectivity index (χ2n) is 6.69. The predicted molar refractivity (Wildman–Crippen MR) is 102 cm³/mol. The standard InChI is InChI=1S/C18H23N3O5S/c1-14-4-6-15(7-5-14)20(13-17(22)12-19(2)3)27(25,26)18-10-8-16(9-11-18)21(23)24/h4-11,17,22H,12-13H2,1-3H3/p+1/t17-/m0/s1. The van der Waals surface area contributed by atoms with Gasteiger partial charge in [-0.15, -0.1) is 0 Å². The fourth-order valence-corrected chi connectivity index (χ4v) is 4.15. The number of aryl methyl sites for hydroxylation is 1. The van der Waals surface area contributed by atoms with Gasteiger partial charge in [-0.3, -0.25) is 14.4 Å². The van der Waals surface area contributed by atoms with Crippen molar-refractivity contribution in [1.82, 2.24) is 0 Å². The summed E-state index contributed by atoms with van der Waals surface area (Å²) in [6, 6.07) is 11.6. The summed E-state index contributed by atoms with van der Waals surface area (Å²) in [4.78, 5) is 11.1. The molecule has 0 saturated carbocycles. The maximum Gasteiger partial charge on any atom is 0.269 e. The van der Waals surface area contributed by atoms with Gasteiger partial charge >= 0.3 is 0 Å². The van der Waals surface area contributed by atoms with E-state index >= 15 is 0 Å². The zero-order valence-electron chi connectivity index (χ0n) is 15.5. The van der Waals surface area contributed by atoms with Crippen LogP contribution >= 0.6 is 0 Å². The van der Waals surface area contributed by atoms with E-state index < -0.39 is 21.1 Å². The van der Waals surface area contributed by atoms with Crippen LogP contribution in [0.2, 0.25) is 0 Å². The van der Waals surface area contributed by atoms with Gasteiger partial charge in [-0.2, -0.15) is 0 Å². The number of quaternary nitrogens is 1. The number of anilines is 1. The normalized spacial score (nSPS) is 12.8. The smallest absolute Gasteiger partial charge is 0.269 e. The summed E-state index contributed by atoms with van der Waals surface area (Å²) in [6.07, 6.45) is -0.871. The maximum absolute atomic E-state index is 13.2. The fourth-order valence-electron chi connectivity index (χ4n) is 2.65. The number of nitro groups is 1. The molecule has 0 heterocycles. The molecule has 0 amide bonds. The number of hydrogen-bond donors (Lipinski definition) is 2. The van der Waals surface area contributed by atoms with E-state index in [1.54, 1.807) is 24.3 Å². The van der Waals surface area contributed by atoms with E-state index in [0.717, 1.165) is 26.9 Å². The minimum atomic E-state index is -4.00. The topological polar surface area (TPSA) is 105 Å². The quantitative estimate of drug-likeness (QED) is 0.504. The fraction of sp³-hybridized carbons (Fsp3) is 0.333. The molecule has 27 heavy (non-hydrogen) atoms. The molecular formula is C18H24N3O5S+. The van der Waals surface area contributed by atoms with Crippen LogP contribution in [0.4, 0.5) is 11.4 Å². The molecule has 0 radical (unpaired) electrons. The van der Waals surface area contributed by atoms with Crippen LogP contribution in [0.15, 0.2) is 53.4 Å². The van der Waals surface area contributed by atoms with Gasteiger partial charge in [-0.25, -0.2) is 8.42 Å².